The van der Waals surface area contributed by atoms with Crippen LogP contribution < -0.4 is 0 Å². The largest absolute Gasteiger partial charge is 0.439 e. The van der Waals surface area contributed by atoms with E-state index in [4.69, 9.17) is 4.42 Å². The van der Waals surface area contributed by atoms with Crippen molar-refractivity contribution in [3.05, 3.63) is 54.1 Å². The zero-order valence-electron chi connectivity index (χ0n) is 10.2. The Morgan fingerprint density at radius 3 is 2.80 bits per heavy atom. The number of hydrogen-bond donors (Lipinski definition) is 0. The predicted molar refractivity (Wildman–Crippen MR) is 66.4 cm³/mol. The molecule has 0 unspecified atom stereocenters. The lowest BCUT2D eigenvalue weighted by Crippen LogP contribution is -2.00. The molecule has 0 spiro atoms. The summed E-state index contributed by atoms with van der Waals surface area (Å²) >= 11 is 0. The maximum atomic E-state index is 12.8. The van der Waals surface area contributed by atoms with E-state index in [1.165, 1.54) is 23.0 Å². The van der Waals surface area contributed by atoms with Crippen molar-refractivity contribution in [1.29, 1.82) is 0 Å². The van der Waals surface area contributed by atoms with Gasteiger partial charge in [-0.05, 0) is 24.3 Å². The Labute approximate surface area is 112 Å². The van der Waals surface area contributed by atoms with Crippen LogP contribution in [0.15, 0.2) is 41.1 Å². The van der Waals surface area contributed by atoms with Crippen LogP contribution in [0.1, 0.15) is 16.4 Å². The van der Waals surface area contributed by atoms with Gasteiger partial charge in [0, 0.05) is 5.56 Å². The second-order valence-electron chi connectivity index (χ2n) is 4.08. The molecule has 1 aromatic carbocycles. The second kappa shape index (κ2) is 5.04. The van der Waals surface area contributed by atoms with Crippen LogP contribution in [0.5, 0.6) is 0 Å². The molecule has 0 N–H and O–H groups in total. The molecule has 0 aliphatic heterocycles. The van der Waals surface area contributed by atoms with Crippen molar-refractivity contribution in [2.24, 2.45) is 0 Å². The summed E-state index contributed by atoms with van der Waals surface area (Å²) < 4.78 is 19.8. The van der Waals surface area contributed by atoms with Gasteiger partial charge in [0.2, 0.25) is 5.89 Å². The first-order valence-corrected chi connectivity index (χ1v) is 5.80. The van der Waals surface area contributed by atoms with Gasteiger partial charge < -0.3 is 4.42 Å². The van der Waals surface area contributed by atoms with Crippen molar-refractivity contribution >= 4 is 6.29 Å². The first kappa shape index (κ1) is 12.2. The molecular formula is C13H9FN4O2. The highest BCUT2D eigenvalue weighted by atomic mass is 19.1. The first-order chi connectivity index (χ1) is 9.74. The lowest BCUT2D eigenvalue weighted by molar-refractivity contribution is 0.111. The molecule has 0 aliphatic rings. The molecule has 2 heterocycles. The number of nitrogens with zero attached hydrogens (tertiary/aromatic N) is 4. The lowest BCUT2D eigenvalue weighted by atomic mass is 10.2. The maximum absolute atomic E-state index is 12.8. The number of hydrogen-bond acceptors (Lipinski definition) is 5. The van der Waals surface area contributed by atoms with E-state index in [1.54, 1.807) is 18.3 Å². The highest BCUT2D eigenvalue weighted by Gasteiger charge is 2.08. The number of aromatic nitrogens is 4. The van der Waals surface area contributed by atoms with Gasteiger partial charge in [0.05, 0.1) is 12.4 Å². The molecule has 2 aromatic heterocycles. The van der Waals surface area contributed by atoms with Gasteiger partial charge in [0.1, 0.15) is 18.1 Å². The monoisotopic (exact) mass is 272 g/mol. The summed E-state index contributed by atoms with van der Waals surface area (Å²) in [6.45, 7) is 0.266. The normalized spacial score (nSPS) is 10.7. The smallest absolute Gasteiger partial charge is 0.216 e. The third-order valence-electron chi connectivity index (χ3n) is 2.66. The number of aldehydes is 1. The molecule has 0 amide bonds. The quantitative estimate of drug-likeness (QED) is 0.678. The third kappa shape index (κ3) is 2.46. The zero-order valence-corrected chi connectivity index (χ0v) is 10.2. The minimum atomic E-state index is -0.308. The van der Waals surface area contributed by atoms with Gasteiger partial charge in [-0.15, -0.1) is 5.10 Å². The predicted octanol–water partition coefficient (Wildman–Crippen LogP) is 1.93. The Balaban J connectivity index is 1.79. The van der Waals surface area contributed by atoms with Crippen molar-refractivity contribution in [3.8, 4) is 11.3 Å². The highest BCUT2D eigenvalue weighted by molar-refractivity contribution is 5.70. The van der Waals surface area contributed by atoms with Gasteiger partial charge in [0.15, 0.2) is 12.0 Å². The molecule has 0 fully saturated rings. The standard InChI is InChI=1S/C13H9FN4O2/c14-10-3-1-9(2-4-10)12-5-15-13(20-12)7-18-6-11(8-19)16-17-18/h1-6,8H,7H2. The average molecular weight is 272 g/mol. The molecule has 0 atom stereocenters. The van der Waals surface area contributed by atoms with Crippen LogP contribution in [0.25, 0.3) is 11.3 Å². The fourth-order valence-electron chi connectivity index (χ4n) is 1.71. The second-order valence-corrected chi connectivity index (χ2v) is 4.08. The molecule has 3 rings (SSSR count). The van der Waals surface area contributed by atoms with E-state index in [2.05, 4.69) is 15.3 Å². The molecule has 0 bridgehead atoms. The summed E-state index contributed by atoms with van der Waals surface area (Å²) in [5, 5.41) is 7.40. The summed E-state index contributed by atoms with van der Waals surface area (Å²) in [6.07, 6.45) is 3.66. The van der Waals surface area contributed by atoms with Gasteiger partial charge in [-0.3, -0.25) is 4.79 Å². The topological polar surface area (TPSA) is 73.8 Å². The minimum absolute atomic E-state index is 0.246. The first-order valence-electron chi connectivity index (χ1n) is 5.80. The summed E-state index contributed by atoms with van der Waals surface area (Å²) in [4.78, 5) is 14.6. The highest BCUT2D eigenvalue weighted by Crippen LogP contribution is 2.20. The van der Waals surface area contributed by atoms with Gasteiger partial charge in [-0.25, -0.2) is 14.1 Å². The molecule has 0 saturated carbocycles. The number of rotatable bonds is 4. The number of carbonyl (C=O) groups excluding carboxylic acids is 1. The van der Waals surface area contributed by atoms with Crippen molar-refractivity contribution in [2.45, 2.75) is 6.54 Å². The maximum Gasteiger partial charge on any atom is 0.216 e. The Morgan fingerprint density at radius 2 is 2.10 bits per heavy atom. The van der Waals surface area contributed by atoms with Crippen LogP contribution in [-0.4, -0.2) is 26.3 Å². The van der Waals surface area contributed by atoms with E-state index in [9.17, 15) is 9.18 Å². The van der Waals surface area contributed by atoms with E-state index in [0.717, 1.165) is 5.56 Å². The molecule has 0 radical (unpaired) electrons. The third-order valence-corrected chi connectivity index (χ3v) is 2.66. The molecule has 20 heavy (non-hydrogen) atoms. The van der Waals surface area contributed by atoms with Gasteiger partial charge in [0.25, 0.3) is 0 Å². The van der Waals surface area contributed by atoms with Crippen molar-refractivity contribution in [2.75, 3.05) is 0 Å². The molecule has 100 valence electrons. The van der Waals surface area contributed by atoms with E-state index < -0.39 is 0 Å². The van der Waals surface area contributed by atoms with E-state index in [-0.39, 0.29) is 18.1 Å². The number of benzene rings is 1. The molecule has 7 heteroatoms. The fourth-order valence-corrected chi connectivity index (χ4v) is 1.71. The lowest BCUT2D eigenvalue weighted by Gasteiger charge is -1.96. The number of carbonyl (C=O) groups is 1. The fraction of sp³-hybridized carbons (Fsp3) is 0.0769. The average Bonchev–Trinajstić information content (AvgIpc) is 3.09. The van der Waals surface area contributed by atoms with Gasteiger partial charge >= 0.3 is 0 Å². The van der Waals surface area contributed by atoms with Crippen molar-refractivity contribution in [1.82, 2.24) is 20.0 Å². The minimum Gasteiger partial charge on any atom is -0.439 e. The Bertz CT molecular complexity index is 733. The number of oxazole rings is 1. The van der Waals surface area contributed by atoms with Gasteiger partial charge in [-0.2, -0.15) is 0 Å². The molecule has 6 nitrogen and oxygen atoms in total. The van der Waals surface area contributed by atoms with Crippen molar-refractivity contribution < 1.29 is 13.6 Å². The van der Waals surface area contributed by atoms with E-state index in [1.807, 2.05) is 0 Å². The van der Waals surface area contributed by atoms with Crippen LogP contribution >= 0.6 is 0 Å². The summed E-state index contributed by atoms with van der Waals surface area (Å²) in [6, 6.07) is 5.93. The summed E-state index contributed by atoms with van der Waals surface area (Å²) in [5.41, 5.74) is 0.979. The van der Waals surface area contributed by atoms with Crippen LogP contribution in [-0.2, 0) is 6.54 Å². The van der Waals surface area contributed by atoms with Crippen LogP contribution in [0.4, 0.5) is 4.39 Å². The Kier molecular flexibility index (Phi) is 3.08. The molecule has 0 aliphatic carbocycles. The SMILES string of the molecule is O=Cc1cn(Cc2ncc(-c3ccc(F)cc3)o2)nn1. The Hall–Kier alpha value is -2.83. The Morgan fingerprint density at radius 1 is 1.30 bits per heavy atom. The summed E-state index contributed by atoms with van der Waals surface area (Å²) in [7, 11) is 0. The number of halogens is 1. The van der Waals surface area contributed by atoms with E-state index >= 15 is 0 Å². The molecule has 0 saturated heterocycles. The van der Waals surface area contributed by atoms with Crippen molar-refractivity contribution in [3.63, 3.8) is 0 Å². The van der Waals surface area contributed by atoms with Gasteiger partial charge in [-0.1, -0.05) is 5.21 Å². The van der Waals surface area contributed by atoms with Crippen LogP contribution in [0.3, 0.4) is 0 Å². The summed E-state index contributed by atoms with van der Waals surface area (Å²) in [5.74, 6) is 0.653. The zero-order chi connectivity index (χ0) is 13.9. The molecular weight excluding hydrogens is 263 g/mol. The van der Waals surface area contributed by atoms with Crippen LogP contribution in [0.2, 0.25) is 0 Å². The van der Waals surface area contributed by atoms with Crippen LogP contribution in [0, 0.1) is 5.82 Å². The van der Waals surface area contributed by atoms with E-state index in [0.29, 0.717) is 17.9 Å². The molecule has 3 aromatic rings.